The first kappa shape index (κ1) is 9.64. The topological polar surface area (TPSA) is 25.5 Å². The molecule has 0 saturated carbocycles. The van der Waals surface area contributed by atoms with Crippen molar-refractivity contribution in [2.24, 2.45) is 4.99 Å². The molecular weight excluding hydrogens is 198 g/mol. The Bertz CT molecular complexity index is 479. The van der Waals surface area contributed by atoms with Crippen LogP contribution >= 0.6 is 0 Å². The van der Waals surface area contributed by atoms with Crippen molar-refractivity contribution in [2.75, 3.05) is 0 Å². The third-order valence-electron chi connectivity index (χ3n) is 3.47. The largest absolute Gasteiger partial charge is 0.468 e. The van der Waals surface area contributed by atoms with Gasteiger partial charge in [0.15, 0.2) is 0 Å². The molecule has 16 heavy (non-hydrogen) atoms. The summed E-state index contributed by atoms with van der Waals surface area (Å²) in [6.07, 6.45) is 12.1. The molecule has 2 heterocycles. The second kappa shape index (κ2) is 3.78. The molecule has 2 heteroatoms. The average Bonchev–Trinajstić information content (AvgIpc) is 2.62. The second-order valence-corrected chi connectivity index (χ2v) is 4.45. The lowest BCUT2D eigenvalue weighted by Crippen LogP contribution is -2.10. The fourth-order valence-corrected chi connectivity index (χ4v) is 2.76. The Balaban J connectivity index is 2.11. The molecule has 1 aliphatic carbocycles. The van der Waals surface area contributed by atoms with Gasteiger partial charge in [-0.25, -0.2) is 0 Å². The molecule has 1 atom stereocenters. The molecule has 0 aromatic carbocycles. The molecule has 1 aromatic heterocycles. The van der Waals surface area contributed by atoms with E-state index in [0.29, 0.717) is 5.92 Å². The van der Waals surface area contributed by atoms with Crippen LogP contribution in [0.3, 0.4) is 0 Å². The lowest BCUT2D eigenvalue weighted by atomic mass is 9.80. The van der Waals surface area contributed by atoms with Crippen LogP contribution in [-0.2, 0) is 6.42 Å². The smallest absolute Gasteiger partial charge is 0.108 e. The van der Waals surface area contributed by atoms with Gasteiger partial charge in [-0.05, 0) is 24.8 Å². The molecule has 82 valence electrons. The summed E-state index contributed by atoms with van der Waals surface area (Å²) in [5.74, 6) is 1.66. The number of allylic oxidation sites excluding steroid dienone is 2. The van der Waals surface area contributed by atoms with E-state index in [4.69, 9.17) is 4.42 Å². The Labute approximate surface area is 95.4 Å². The standard InChI is InChI=1S/C14H15NO/c1-2-4-10-7-15-8-11-9-16-13-6-3-5-12(10)14(11)13/h2,7-9,12H,1,3-6H2. The summed E-state index contributed by atoms with van der Waals surface area (Å²) in [5, 5.41) is 0. The van der Waals surface area contributed by atoms with E-state index in [-0.39, 0.29) is 0 Å². The van der Waals surface area contributed by atoms with Gasteiger partial charge in [-0.1, -0.05) is 6.08 Å². The van der Waals surface area contributed by atoms with E-state index in [1.165, 1.54) is 24.0 Å². The quantitative estimate of drug-likeness (QED) is 0.689. The molecule has 3 rings (SSSR count). The summed E-state index contributed by atoms with van der Waals surface area (Å²) in [4.78, 5) is 4.36. The van der Waals surface area contributed by atoms with Crippen molar-refractivity contribution in [3.63, 3.8) is 0 Å². The number of aryl methyl sites for hydroxylation is 1. The number of furan rings is 1. The van der Waals surface area contributed by atoms with Crippen LogP contribution in [0.5, 0.6) is 0 Å². The second-order valence-electron chi connectivity index (χ2n) is 4.45. The van der Waals surface area contributed by atoms with E-state index in [2.05, 4.69) is 11.6 Å². The first-order valence-corrected chi connectivity index (χ1v) is 5.83. The SMILES string of the molecule is C=CCC1=CN=Cc2coc3c2C1CCC3. The number of aliphatic imine (C=N–C) groups is 1. The van der Waals surface area contributed by atoms with Crippen LogP contribution in [0.4, 0.5) is 0 Å². The molecule has 0 radical (unpaired) electrons. The molecule has 0 fully saturated rings. The summed E-state index contributed by atoms with van der Waals surface area (Å²) < 4.78 is 5.63. The minimum absolute atomic E-state index is 0.498. The molecule has 2 aliphatic rings. The van der Waals surface area contributed by atoms with Crippen LogP contribution in [0, 0.1) is 0 Å². The zero-order valence-electron chi connectivity index (χ0n) is 9.28. The minimum atomic E-state index is 0.498. The summed E-state index contributed by atoms with van der Waals surface area (Å²) in [5.41, 5.74) is 3.91. The fraction of sp³-hybridized carbons (Fsp3) is 0.357. The van der Waals surface area contributed by atoms with Gasteiger partial charge >= 0.3 is 0 Å². The van der Waals surface area contributed by atoms with Crippen molar-refractivity contribution < 1.29 is 4.42 Å². The van der Waals surface area contributed by atoms with Crippen LogP contribution in [0.25, 0.3) is 0 Å². The van der Waals surface area contributed by atoms with Crippen molar-refractivity contribution >= 4 is 6.21 Å². The molecular formula is C14H15NO. The predicted octanol–water partition coefficient (Wildman–Crippen LogP) is 3.59. The maximum Gasteiger partial charge on any atom is 0.108 e. The van der Waals surface area contributed by atoms with Crippen molar-refractivity contribution in [1.82, 2.24) is 0 Å². The molecule has 1 aliphatic heterocycles. The van der Waals surface area contributed by atoms with Crippen LogP contribution < -0.4 is 0 Å². The van der Waals surface area contributed by atoms with Crippen molar-refractivity contribution in [1.29, 1.82) is 0 Å². The van der Waals surface area contributed by atoms with Gasteiger partial charge in [-0.2, -0.15) is 0 Å². The number of hydrogen-bond donors (Lipinski definition) is 0. The summed E-state index contributed by atoms with van der Waals surface area (Å²) in [6.45, 7) is 3.82. The Morgan fingerprint density at radius 3 is 3.38 bits per heavy atom. The van der Waals surface area contributed by atoms with Crippen molar-refractivity contribution in [2.45, 2.75) is 31.6 Å². The van der Waals surface area contributed by atoms with Crippen LogP contribution in [0.1, 0.15) is 42.1 Å². The highest BCUT2D eigenvalue weighted by Gasteiger charge is 2.29. The van der Waals surface area contributed by atoms with Gasteiger partial charge in [-0.3, -0.25) is 4.99 Å². The maximum absolute atomic E-state index is 5.63. The van der Waals surface area contributed by atoms with E-state index in [0.717, 1.165) is 24.2 Å². The van der Waals surface area contributed by atoms with Gasteiger partial charge in [0.05, 0.1) is 6.26 Å². The maximum atomic E-state index is 5.63. The Hall–Kier alpha value is -1.57. The Morgan fingerprint density at radius 1 is 1.56 bits per heavy atom. The molecule has 0 bridgehead atoms. The first-order chi connectivity index (χ1) is 7.90. The predicted molar refractivity (Wildman–Crippen MR) is 64.9 cm³/mol. The van der Waals surface area contributed by atoms with Crippen LogP contribution in [-0.4, -0.2) is 6.21 Å². The molecule has 0 saturated heterocycles. The normalized spacial score (nSPS) is 22.2. The fourth-order valence-electron chi connectivity index (χ4n) is 2.76. The van der Waals surface area contributed by atoms with E-state index >= 15 is 0 Å². The molecule has 2 nitrogen and oxygen atoms in total. The number of nitrogens with zero attached hydrogens (tertiary/aromatic N) is 1. The summed E-state index contributed by atoms with van der Waals surface area (Å²) >= 11 is 0. The third-order valence-corrected chi connectivity index (χ3v) is 3.47. The summed E-state index contributed by atoms with van der Waals surface area (Å²) in [7, 11) is 0. The van der Waals surface area contributed by atoms with Gasteiger partial charge in [0.2, 0.25) is 0 Å². The highest BCUT2D eigenvalue weighted by molar-refractivity contribution is 5.83. The zero-order chi connectivity index (χ0) is 11.0. The minimum Gasteiger partial charge on any atom is -0.468 e. The van der Waals surface area contributed by atoms with Gasteiger partial charge in [0.25, 0.3) is 0 Å². The van der Waals surface area contributed by atoms with E-state index in [1.807, 2.05) is 24.8 Å². The molecule has 1 aromatic rings. The Kier molecular flexibility index (Phi) is 2.28. The van der Waals surface area contributed by atoms with Gasteiger partial charge in [0, 0.05) is 35.9 Å². The van der Waals surface area contributed by atoms with Crippen LogP contribution in [0.2, 0.25) is 0 Å². The van der Waals surface area contributed by atoms with Crippen LogP contribution in [0.15, 0.2) is 40.1 Å². The van der Waals surface area contributed by atoms with E-state index < -0.39 is 0 Å². The lowest BCUT2D eigenvalue weighted by Gasteiger charge is -2.23. The third kappa shape index (κ3) is 1.37. The van der Waals surface area contributed by atoms with Crippen molar-refractivity contribution in [3.8, 4) is 0 Å². The lowest BCUT2D eigenvalue weighted by molar-refractivity contribution is 0.462. The zero-order valence-corrected chi connectivity index (χ0v) is 9.28. The van der Waals surface area contributed by atoms with Gasteiger partial charge in [0.1, 0.15) is 5.76 Å². The molecule has 0 amide bonds. The van der Waals surface area contributed by atoms with E-state index in [1.54, 1.807) is 0 Å². The average molecular weight is 213 g/mol. The van der Waals surface area contributed by atoms with E-state index in [9.17, 15) is 0 Å². The van der Waals surface area contributed by atoms with Crippen molar-refractivity contribution in [3.05, 3.63) is 47.6 Å². The first-order valence-electron chi connectivity index (χ1n) is 5.83. The molecule has 0 spiro atoms. The number of hydrogen-bond acceptors (Lipinski definition) is 2. The highest BCUT2D eigenvalue weighted by atomic mass is 16.3. The Morgan fingerprint density at radius 2 is 2.50 bits per heavy atom. The summed E-state index contributed by atoms with van der Waals surface area (Å²) in [6, 6.07) is 0. The highest BCUT2D eigenvalue weighted by Crippen LogP contribution is 2.41. The monoisotopic (exact) mass is 213 g/mol. The number of rotatable bonds is 2. The van der Waals surface area contributed by atoms with Gasteiger partial charge < -0.3 is 4.42 Å². The molecule has 0 N–H and O–H groups in total. The van der Waals surface area contributed by atoms with Gasteiger partial charge in [-0.15, -0.1) is 6.58 Å². The molecule has 1 unspecified atom stereocenters.